The van der Waals surface area contributed by atoms with Gasteiger partial charge < -0.3 is 16.4 Å². The first-order chi connectivity index (χ1) is 12.0. The number of rotatable bonds is 5. The SMILES string of the molecule is Cc1ccnc(Nc2ncnc(Nc3ccc(C(C)C)cc3)c2N)c1. The van der Waals surface area contributed by atoms with Gasteiger partial charge in [0.1, 0.15) is 17.8 Å². The van der Waals surface area contributed by atoms with Crippen LogP contribution in [-0.2, 0) is 0 Å². The number of nitrogens with two attached hydrogens (primary N) is 1. The highest BCUT2D eigenvalue weighted by atomic mass is 15.1. The highest BCUT2D eigenvalue weighted by Gasteiger charge is 2.09. The van der Waals surface area contributed by atoms with E-state index < -0.39 is 0 Å². The van der Waals surface area contributed by atoms with Gasteiger partial charge in [0, 0.05) is 11.9 Å². The van der Waals surface area contributed by atoms with Gasteiger partial charge in [0.2, 0.25) is 0 Å². The Labute approximate surface area is 147 Å². The molecule has 0 aliphatic rings. The number of hydrogen-bond donors (Lipinski definition) is 3. The monoisotopic (exact) mass is 334 g/mol. The molecule has 0 saturated heterocycles. The van der Waals surface area contributed by atoms with Gasteiger partial charge in [-0.1, -0.05) is 26.0 Å². The van der Waals surface area contributed by atoms with E-state index in [2.05, 4.69) is 51.6 Å². The number of hydrogen-bond acceptors (Lipinski definition) is 6. The molecule has 0 bridgehead atoms. The van der Waals surface area contributed by atoms with E-state index in [9.17, 15) is 0 Å². The second-order valence-corrected chi connectivity index (χ2v) is 6.23. The molecule has 3 rings (SSSR count). The van der Waals surface area contributed by atoms with Gasteiger partial charge in [-0.25, -0.2) is 15.0 Å². The van der Waals surface area contributed by atoms with Crippen molar-refractivity contribution in [2.24, 2.45) is 0 Å². The summed E-state index contributed by atoms with van der Waals surface area (Å²) in [6, 6.07) is 12.1. The molecule has 4 N–H and O–H groups in total. The summed E-state index contributed by atoms with van der Waals surface area (Å²) in [5.74, 6) is 2.27. The van der Waals surface area contributed by atoms with Crippen LogP contribution in [0.1, 0.15) is 30.9 Å². The van der Waals surface area contributed by atoms with Crippen molar-refractivity contribution >= 4 is 28.8 Å². The number of nitrogen functional groups attached to an aromatic ring is 1. The Hall–Kier alpha value is -3.15. The zero-order valence-electron chi connectivity index (χ0n) is 14.6. The van der Waals surface area contributed by atoms with Gasteiger partial charge in [-0.2, -0.15) is 0 Å². The smallest absolute Gasteiger partial charge is 0.160 e. The van der Waals surface area contributed by atoms with E-state index in [1.165, 1.54) is 11.9 Å². The fourth-order valence-corrected chi connectivity index (χ4v) is 2.41. The summed E-state index contributed by atoms with van der Waals surface area (Å²) in [6.07, 6.45) is 3.21. The largest absolute Gasteiger partial charge is 0.393 e. The Morgan fingerprint density at radius 1 is 0.920 bits per heavy atom. The summed E-state index contributed by atoms with van der Waals surface area (Å²) in [5, 5.41) is 6.38. The summed E-state index contributed by atoms with van der Waals surface area (Å²) in [5.41, 5.74) is 9.98. The van der Waals surface area contributed by atoms with Crippen LogP contribution in [0.15, 0.2) is 48.9 Å². The van der Waals surface area contributed by atoms with E-state index in [-0.39, 0.29) is 0 Å². The van der Waals surface area contributed by atoms with E-state index in [1.807, 2.05) is 31.2 Å². The first kappa shape index (κ1) is 16.7. The lowest BCUT2D eigenvalue weighted by Gasteiger charge is -2.13. The van der Waals surface area contributed by atoms with E-state index in [1.54, 1.807) is 6.20 Å². The maximum absolute atomic E-state index is 6.22. The van der Waals surface area contributed by atoms with Gasteiger partial charge in [-0.15, -0.1) is 0 Å². The Balaban J connectivity index is 1.81. The summed E-state index contributed by atoms with van der Waals surface area (Å²) >= 11 is 0. The number of nitrogens with one attached hydrogen (secondary N) is 2. The van der Waals surface area contributed by atoms with E-state index in [0.717, 1.165) is 11.3 Å². The van der Waals surface area contributed by atoms with Crippen molar-refractivity contribution in [3.8, 4) is 0 Å². The zero-order valence-corrected chi connectivity index (χ0v) is 14.6. The van der Waals surface area contributed by atoms with E-state index >= 15 is 0 Å². The van der Waals surface area contributed by atoms with Crippen molar-refractivity contribution in [2.75, 3.05) is 16.4 Å². The number of aryl methyl sites for hydroxylation is 1. The third-order valence-corrected chi connectivity index (χ3v) is 3.89. The average Bonchev–Trinajstić information content (AvgIpc) is 2.59. The normalized spacial score (nSPS) is 10.7. The molecule has 0 radical (unpaired) electrons. The van der Waals surface area contributed by atoms with Crippen LogP contribution in [0.5, 0.6) is 0 Å². The quantitative estimate of drug-likeness (QED) is 0.642. The molecule has 0 saturated carbocycles. The van der Waals surface area contributed by atoms with Crippen molar-refractivity contribution in [2.45, 2.75) is 26.7 Å². The van der Waals surface area contributed by atoms with Gasteiger partial charge >= 0.3 is 0 Å². The van der Waals surface area contributed by atoms with Crippen LogP contribution in [0.25, 0.3) is 0 Å². The summed E-state index contributed by atoms with van der Waals surface area (Å²) in [6.45, 7) is 6.34. The summed E-state index contributed by atoms with van der Waals surface area (Å²) < 4.78 is 0. The highest BCUT2D eigenvalue weighted by molar-refractivity contribution is 5.79. The fourth-order valence-electron chi connectivity index (χ4n) is 2.41. The van der Waals surface area contributed by atoms with Crippen LogP contribution < -0.4 is 16.4 Å². The molecular formula is C19H22N6. The standard InChI is InChI=1S/C19H22N6/c1-12(2)14-4-6-15(7-5-14)24-18-17(20)19(23-11-22-18)25-16-10-13(3)8-9-21-16/h4-12H,20H2,1-3H3,(H2,21,22,23,24,25). The van der Waals surface area contributed by atoms with Gasteiger partial charge in [0.25, 0.3) is 0 Å². The second kappa shape index (κ2) is 7.17. The average molecular weight is 334 g/mol. The molecule has 3 aromatic rings. The number of nitrogens with zero attached hydrogens (tertiary/aromatic N) is 3. The number of pyridine rings is 1. The van der Waals surface area contributed by atoms with Crippen molar-refractivity contribution in [1.82, 2.24) is 15.0 Å². The molecule has 0 spiro atoms. The van der Waals surface area contributed by atoms with Gasteiger partial charge in [0.05, 0.1) is 0 Å². The predicted octanol–water partition coefficient (Wildman–Crippen LogP) is 4.37. The zero-order chi connectivity index (χ0) is 17.8. The Morgan fingerprint density at radius 3 is 2.24 bits per heavy atom. The van der Waals surface area contributed by atoms with Gasteiger partial charge in [-0.05, 0) is 48.2 Å². The molecule has 0 unspecified atom stereocenters. The topological polar surface area (TPSA) is 88.8 Å². The lowest BCUT2D eigenvalue weighted by molar-refractivity contribution is 0.867. The van der Waals surface area contributed by atoms with Gasteiger partial charge in [-0.3, -0.25) is 0 Å². The lowest BCUT2D eigenvalue weighted by atomic mass is 10.0. The summed E-state index contributed by atoms with van der Waals surface area (Å²) in [4.78, 5) is 12.7. The number of anilines is 5. The molecular weight excluding hydrogens is 312 g/mol. The molecule has 6 nitrogen and oxygen atoms in total. The molecule has 6 heteroatoms. The second-order valence-electron chi connectivity index (χ2n) is 6.23. The Kier molecular flexibility index (Phi) is 4.79. The fraction of sp³-hybridized carbons (Fsp3) is 0.211. The molecule has 0 aliphatic carbocycles. The molecule has 0 amide bonds. The molecule has 1 aromatic carbocycles. The number of benzene rings is 1. The molecule has 25 heavy (non-hydrogen) atoms. The minimum atomic E-state index is 0.443. The van der Waals surface area contributed by atoms with E-state index in [4.69, 9.17) is 5.73 Å². The minimum Gasteiger partial charge on any atom is -0.393 e. The molecule has 0 atom stereocenters. The third-order valence-electron chi connectivity index (χ3n) is 3.89. The lowest BCUT2D eigenvalue weighted by Crippen LogP contribution is -2.06. The van der Waals surface area contributed by atoms with Crippen molar-refractivity contribution < 1.29 is 0 Å². The van der Waals surface area contributed by atoms with Crippen molar-refractivity contribution in [3.63, 3.8) is 0 Å². The van der Waals surface area contributed by atoms with Gasteiger partial charge in [0.15, 0.2) is 11.6 Å². The van der Waals surface area contributed by atoms with Crippen molar-refractivity contribution in [1.29, 1.82) is 0 Å². The van der Waals surface area contributed by atoms with Crippen LogP contribution >= 0.6 is 0 Å². The van der Waals surface area contributed by atoms with Crippen molar-refractivity contribution in [3.05, 3.63) is 60.0 Å². The Morgan fingerprint density at radius 2 is 1.60 bits per heavy atom. The van der Waals surface area contributed by atoms with Crippen LogP contribution in [0, 0.1) is 6.92 Å². The minimum absolute atomic E-state index is 0.443. The first-order valence-electron chi connectivity index (χ1n) is 8.20. The predicted molar refractivity (Wildman–Crippen MR) is 103 cm³/mol. The molecule has 128 valence electrons. The maximum Gasteiger partial charge on any atom is 0.160 e. The first-order valence-corrected chi connectivity index (χ1v) is 8.20. The van der Waals surface area contributed by atoms with Crippen LogP contribution in [0.2, 0.25) is 0 Å². The van der Waals surface area contributed by atoms with Crippen LogP contribution in [0.3, 0.4) is 0 Å². The Bertz CT molecular complexity index is 858. The maximum atomic E-state index is 6.22. The summed E-state index contributed by atoms with van der Waals surface area (Å²) in [7, 11) is 0. The number of aromatic nitrogens is 3. The highest BCUT2D eigenvalue weighted by Crippen LogP contribution is 2.28. The molecule has 0 aliphatic heterocycles. The molecule has 0 fully saturated rings. The molecule has 2 aromatic heterocycles. The van der Waals surface area contributed by atoms with Crippen LogP contribution in [0.4, 0.5) is 28.8 Å². The van der Waals surface area contributed by atoms with Crippen LogP contribution in [-0.4, -0.2) is 15.0 Å². The van der Waals surface area contributed by atoms with E-state index in [0.29, 0.717) is 29.1 Å². The molecule has 2 heterocycles. The third kappa shape index (κ3) is 4.03.